The van der Waals surface area contributed by atoms with Crippen molar-refractivity contribution in [2.45, 2.75) is 18.3 Å². The van der Waals surface area contributed by atoms with Crippen LogP contribution < -0.4 is 5.32 Å². The van der Waals surface area contributed by atoms with Gasteiger partial charge in [-0.2, -0.15) is 11.8 Å². The molecule has 0 saturated carbocycles. The van der Waals surface area contributed by atoms with Crippen LogP contribution in [0, 0.1) is 5.82 Å². The van der Waals surface area contributed by atoms with Gasteiger partial charge in [-0.15, -0.1) is 0 Å². The third kappa shape index (κ3) is 4.36. The highest BCUT2D eigenvalue weighted by atomic mass is 32.2. The van der Waals surface area contributed by atoms with Crippen LogP contribution in [-0.2, 0) is 4.79 Å². The zero-order valence-electron chi connectivity index (χ0n) is 9.81. The Balaban J connectivity index is 2.50. The molecule has 0 heterocycles. The fourth-order valence-electron chi connectivity index (χ4n) is 1.28. The van der Waals surface area contributed by atoms with Gasteiger partial charge in [-0.05, 0) is 30.9 Å². The summed E-state index contributed by atoms with van der Waals surface area (Å²) in [5.74, 6) is -0.529. The number of hydrogen-bond acceptors (Lipinski definition) is 3. The van der Waals surface area contributed by atoms with Crippen LogP contribution in [0.1, 0.15) is 18.6 Å². The van der Waals surface area contributed by atoms with E-state index in [0.717, 1.165) is 0 Å². The van der Waals surface area contributed by atoms with Crippen molar-refractivity contribution >= 4 is 17.7 Å². The predicted octanol–water partition coefficient (Wildman–Crippen LogP) is 1.73. The standard InChI is InChI=1S/C12H16FNO2S/c1-8(17-2)12(16)14-7-11(15)9-4-3-5-10(13)6-9/h3-6,8,11,15H,7H2,1-2H3,(H,14,16). The Morgan fingerprint density at radius 2 is 2.29 bits per heavy atom. The van der Waals surface area contributed by atoms with Crippen molar-refractivity contribution in [3.8, 4) is 0 Å². The number of aliphatic hydroxyl groups excluding tert-OH is 1. The van der Waals surface area contributed by atoms with Crippen LogP contribution in [0.15, 0.2) is 24.3 Å². The highest BCUT2D eigenvalue weighted by Gasteiger charge is 2.14. The molecule has 0 saturated heterocycles. The molecule has 2 N–H and O–H groups in total. The minimum atomic E-state index is -0.885. The molecule has 17 heavy (non-hydrogen) atoms. The van der Waals surface area contributed by atoms with E-state index in [2.05, 4.69) is 5.32 Å². The number of halogens is 1. The van der Waals surface area contributed by atoms with E-state index in [-0.39, 0.29) is 17.7 Å². The Morgan fingerprint density at radius 3 is 2.88 bits per heavy atom. The smallest absolute Gasteiger partial charge is 0.232 e. The van der Waals surface area contributed by atoms with Gasteiger partial charge >= 0.3 is 0 Å². The number of amides is 1. The second-order valence-electron chi connectivity index (χ2n) is 3.69. The summed E-state index contributed by atoms with van der Waals surface area (Å²) in [5.41, 5.74) is 0.460. The minimum absolute atomic E-state index is 0.0905. The molecular weight excluding hydrogens is 241 g/mol. The summed E-state index contributed by atoms with van der Waals surface area (Å²) in [5, 5.41) is 12.2. The topological polar surface area (TPSA) is 49.3 Å². The van der Waals surface area contributed by atoms with Gasteiger partial charge in [0.15, 0.2) is 0 Å². The fraction of sp³-hybridized carbons (Fsp3) is 0.417. The normalized spacial score (nSPS) is 14.1. The highest BCUT2D eigenvalue weighted by molar-refractivity contribution is 7.99. The van der Waals surface area contributed by atoms with Gasteiger partial charge in [0, 0.05) is 6.54 Å². The van der Waals surface area contributed by atoms with E-state index in [1.165, 1.54) is 30.0 Å². The molecule has 0 aliphatic carbocycles. The quantitative estimate of drug-likeness (QED) is 0.844. The average Bonchev–Trinajstić information content (AvgIpc) is 2.34. The largest absolute Gasteiger partial charge is 0.387 e. The van der Waals surface area contributed by atoms with Gasteiger partial charge in [0.1, 0.15) is 5.82 Å². The van der Waals surface area contributed by atoms with E-state index in [1.807, 2.05) is 6.26 Å². The number of carbonyl (C=O) groups is 1. The molecule has 5 heteroatoms. The van der Waals surface area contributed by atoms with Crippen molar-refractivity contribution in [3.05, 3.63) is 35.6 Å². The Kier molecular flexibility index (Phi) is 5.44. The summed E-state index contributed by atoms with van der Waals surface area (Å²) in [6.45, 7) is 1.88. The van der Waals surface area contributed by atoms with Crippen molar-refractivity contribution < 1.29 is 14.3 Å². The van der Waals surface area contributed by atoms with Gasteiger partial charge < -0.3 is 10.4 Å². The van der Waals surface area contributed by atoms with Gasteiger partial charge in [0.05, 0.1) is 11.4 Å². The van der Waals surface area contributed by atoms with E-state index in [9.17, 15) is 14.3 Å². The van der Waals surface area contributed by atoms with Gasteiger partial charge in [-0.3, -0.25) is 4.79 Å². The van der Waals surface area contributed by atoms with Crippen LogP contribution in [0.4, 0.5) is 4.39 Å². The van der Waals surface area contributed by atoms with E-state index >= 15 is 0 Å². The maximum absolute atomic E-state index is 12.9. The Labute approximate surface area is 104 Å². The maximum atomic E-state index is 12.9. The molecular formula is C12H16FNO2S. The fourth-order valence-corrected chi connectivity index (χ4v) is 1.58. The molecule has 0 aromatic heterocycles. The van der Waals surface area contributed by atoms with Crippen molar-refractivity contribution in [3.63, 3.8) is 0 Å². The van der Waals surface area contributed by atoms with Crippen LogP contribution in [0.5, 0.6) is 0 Å². The van der Waals surface area contributed by atoms with E-state index in [0.29, 0.717) is 5.56 Å². The Bertz CT molecular complexity index is 387. The van der Waals surface area contributed by atoms with E-state index in [1.54, 1.807) is 13.0 Å². The van der Waals surface area contributed by atoms with Crippen LogP contribution in [0.2, 0.25) is 0 Å². The Morgan fingerprint density at radius 1 is 1.59 bits per heavy atom. The van der Waals surface area contributed by atoms with Gasteiger partial charge in [0.2, 0.25) is 5.91 Å². The number of aliphatic hydroxyl groups is 1. The third-order valence-corrected chi connectivity index (χ3v) is 3.35. The minimum Gasteiger partial charge on any atom is -0.387 e. The molecule has 1 rings (SSSR count). The molecule has 0 aliphatic rings. The van der Waals surface area contributed by atoms with Gasteiger partial charge in [0.25, 0.3) is 0 Å². The van der Waals surface area contributed by atoms with E-state index < -0.39 is 11.9 Å². The third-order valence-electron chi connectivity index (χ3n) is 2.43. The predicted molar refractivity (Wildman–Crippen MR) is 67.3 cm³/mol. The summed E-state index contributed by atoms with van der Waals surface area (Å²) in [6.07, 6.45) is 0.955. The number of hydrogen-bond donors (Lipinski definition) is 2. The number of carbonyl (C=O) groups excluding carboxylic acids is 1. The van der Waals surface area contributed by atoms with Gasteiger partial charge in [-0.25, -0.2) is 4.39 Å². The lowest BCUT2D eigenvalue weighted by molar-refractivity contribution is -0.120. The zero-order chi connectivity index (χ0) is 12.8. The van der Waals surface area contributed by atoms with Crippen LogP contribution in [0.3, 0.4) is 0 Å². The lowest BCUT2D eigenvalue weighted by Gasteiger charge is -2.14. The van der Waals surface area contributed by atoms with Crippen LogP contribution in [-0.4, -0.2) is 29.1 Å². The summed E-state index contributed by atoms with van der Waals surface area (Å²) < 4.78 is 12.9. The number of rotatable bonds is 5. The van der Waals surface area contributed by atoms with Crippen molar-refractivity contribution in [2.75, 3.05) is 12.8 Å². The maximum Gasteiger partial charge on any atom is 0.232 e. The lowest BCUT2D eigenvalue weighted by atomic mass is 10.1. The van der Waals surface area contributed by atoms with Crippen LogP contribution >= 0.6 is 11.8 Å². The first-order valence-electron chi connectivity index (χ1n) is 5.28. The first kappa shape index (κ1) is 14.0. The molecule has 0 aliphatic heterocycles. The first-order valence-corrected chi connectivity index (χ1v) is 6.57. The summed E-state index contributed by atoms with van der Waals surface area (Å²) in [7, 11) is 0. The van der Waals surface area contributed by atoms with Crippen molar-refractivity contribution in [2.24, 2.45) is 0 Å². The lowest BCUT2D eigenvalue weighted by Crippen LogP contribution is -2.34. The second kappa shape index (κ2) is 6.61. The molecule has 0 fully saturated rings. The second-order valence-corrected chi connectivity index (χ2v) is 4.87. The summed E-state index contributed by atoms with van der Waals surface area (Å²) >= 11 is 1.43. The monoisotopic (exact) mass is 257 g/mol. The van der Waals surface area contributed by atoms with Crippen molar-refractivity contribution in [1.29, 1.82) is 0 Å². The molecule has 3 nitrogen and oxygen atoms in total. The molecule has 2 unspecified atom stereocenters. The van der Waals surface area contributed by atoms with Crippen molar-refractivity contribution in [1.82, 2.24) is 5.32 Å². The van der Waals surface area contributed by atoms with Gasteiger partial charge in [-0.1, -0.05) is 12.1 Å². The number of benzene rings is 1. The first-order chi connectivity index (χ1) is 8.04. The molecule has 94 valence electrons. The molecule has 0 bridgehead atoms. The molecule has 0 radical (unpaired) electrons. The molecule has 1 aromatic rings. The van der Waals surface area contributed by atoms with Crippen LogP contribution in [0.25, 0.3) is 0 Å². The summed E-state index contributed by atoms with van der Waals surface area (Å²) in [4.78, 5) is 11.5. The number of thioether (sulfide) groups is 1. The van der Waals surface area contributed by atoms with E-state index in [4.69, 9.17) is 0 Å². The average molecular weight is 257 g/mol. The molecule has 0 spiro atoms. The molecule has 1 amide bonds. The summed E-state index contributed by atoms with van der Waals surface area (Å²) in [6, 6.07) is 5.72. The molecule has 1 aromatic carbocycles. The number of nitrogens with one attached hydrogen (secondary N) is 1. The molecule has 2 atom stereocenters. The zero-order valence-corrected chi connectivity index (χ0v) is 10.6. The SMILES string of the molecule is CSC(C)C(=O)NCC(O)c1cccc(F)c1. The highest BCUT2D eigenvalue weighted by Crippen LogP contribution is 2.13. The Hall–Kier alpha value is -1.07.